The van der Waals surface area contributed by atoms with Crippen LogP contribution < -0.4 is 4.90 Å². The van der Waals surface area contributed by atoms with Crippen molar-refractivity contribution in [3.8, 4) is 0 Å². The lowest BCUT2D eigenvalue weighted by Crippen LogP contribution is -2.28. The highest BCUT2D eigenvalue weighted by atomic mass is 16.5. The molecule has 1 saturated heterocycles. The van der Waals surface area contributed by atoms with Crippen LogP contribution in [0.1, 0.15) is 10.4 Å². The van der Waals surface area contributed by atoms with Crippen molar-refractivity contribution < 1.29 is 9.53 Å². The van der Waals surface area contributed by atoms with Crippen LogP contribution in [0, 0.1) is 0 Å². The van der Waals surface area contributed by atoms with Gasteiger partial charge in [0.25, 0.3) is 5.91 Å². The van der Waals surface area contributed by atoms with Crippen molar-refractivity contribution >= 4 is 11.6 Å². The van der Waals surface area contributed by atoms with Gasteiger partial charge in [0, 0.05) is 31.9 Å². The van der Waals surface area contributed by atoms with Crippen LogP contribution in [0.3, 0.4) is 0 Å². The van der Waals surface area contributed by atoms with Crippen molar-refractivity contribution in [3.05, 3.63) is 29.8 Å². The maximum atomic E-state index is 12.0. The molecule has 0 aliphatic carbocycles. The van der Waals surface area contributed by atoms with E-state index in [0.717, 1.165) is 11.3 Å². The molecule has 1 heterocycles. The number of amides is 1. The average Bonchev–Trinajstić information content (AvgIpc) is 2.81. The van der Waals surface area contributed by atoms with Crippen molar-refractivity contribution in [2.75, 3.05) is 38.9 Å². The van der Waals surface area contributed by atoms with Crippen LogP contribution in [0.5, 0.6) is 0 Å². The molecule has 16 heavy (non-hydrogen) atoms. The van der Waals surface area contributed by atoms with Gasteiger partial charge in [0.1, 0.15) is 6.73 Å². The minimum atomic E-state index is 0.0443. The Bertz CT molecular complexity index is 367. The van der Waals surface area contributed by atoms with Gasteiger partial charge in [-0.05, 0) is 24.3 Å². The van der Waals surface area contributed by atoms with Crippen molar-refractivity contribution in [3.63, 3.8) is 0 Å². The number of benzene rings is 1. The van der Waals surface area contributed by atoms with Crippen LogP contribution in [0.4, 0.5) is 5.69 Å². The summed E-state index contributed by atoms with van der Waals surface area (Å²) in [7, 11) is 3.95. The number of hydrogen-bond donors (Lipinski definition) is 0. The summed E-state index contributed by atoms with van der Waals surface area (Å²) in [6.07, 6.45) is 0. The fraction of sp³-hybridized carbons (Fsp3) is 0.417. The molecule has 0 spiro atoms. The summed E-state index contributed by atoms with van der Waals surface area (Å²) in [5, 5.41) is 0. The van der Waals surface area contributed by atoms with Crippen molar-refractivity contribution in [1.29, 1.82) is 0 Å². The van der Waals surface area contributed by atoms with Gasteiger partial charge in [-0.2, -0.15) is 0 Å². The van der Waals surface area contributed by atoms with Crippen LogP contribution in [-0.4, -0.2) is 44.8 Å². The summed E-state index contributed by atoms with van der Waals surface area (Å²) in [5.41, 5.74) is 1.81. The molecule has 2 rings (SSSR count). The van der Waals surface area contributed by atoms with Gasteiger partial charge in [-0.1, -0.05) is 0 Å². The van der Waals surface area contributed by atoms with E-state index in [0.29, 0.717) is 19.9 Å². The molecule has 1 aromatic carbocycles. The maximum absolute atomic E-state index is 12.0. The Balaban J connectivity index is 2.11. The first-order valence-electron chi connectivity index (χ1n) is 5.33. The van der Waals surface area contributed by atoms with E-state index in [1.165, 1.54) is 0 Å². The Hall–Kier alpha value is -1.55. The van der Waals surface area contributed by atoms with E-state index in [4.69, 9.17) is 4.74 Å². The molecular weight excluding hydrogens is 204 g/mol. The van der Waals surface area contributed by atoms with Crippen LogP contribution in [0.2, 0.25) is 0 Å². The minimum absolute atomic E-state index is 0.0443. The first-order chi connectivity index (χ1) is 7.68. The quantitative estimate of drug-likeness (QED) is 0.750. The molecule has 0 unspecified atom stereocenters. The zero-order valence-electron chi connectivity index (χ0n) is 9.64. The maximum Gasteiger partial charge on any atom is 0.255 e. The second-order valence-corrected chi connectivity index (χ2v) is 4.05. The Kier molecular flexibility index (Phi) is 3.10. The molecule has 1 amide bonds. The van der Waals surface area contributed by atoms with Crippen LogP contribution in [-0.2, 0) is 4.74 Å². The average molecular weight is 220 g/mol. The summed E-state index contributed by atoms with van der Waals surface area (Å²) in [6, 6.07) is 7.61. The van der Waals surface area contributed by atoms with Crippen LogP contribution >= 0.6 is 0 Å². The van der Waals surface area contributed by atoms with Gasteiger partial charge >= 0.3 is 0 Å². The second kappa shape index (κ2) is 4.53. The number of ether oxygens (including phenoxy) is 1. The summed E-state index contributed by atoms with van der Waals surface area (Å²) >= 11 is 0. The summed E-state index contributed by atoms with van der Waals surface area (Å²) in [6.45, 7) is 1.74. The van der Waals surface area contributed by atoms with Crippen LogP contribution in [0.15, 0.2) is 24.3 Å². The smallest absolute Gasteiger partial charge is 0.255 e. The number of rotatable bonds is 2. The molecule has 1 aliphatic heterocycles. The molecule has 0 saturated carbocycles. The van der Waals surface area contributed by atoms with E-state index in [2.05, 4.69) is 0 Å². The number of carbonyl (C=O) groups excluding carboxylic acids is 1. The number of nitrogens with zero attached hydrogens (tertiary/aromatic N) is 2. The van der Waals surface area contributed by atoms with E-state index in [1.54, 1.807) is 4.90 Å². The predicted octanol–water partition coefficient (Wildman–Crippen LogP) is 1.18. The fourth-order valence-electron chi connectivity index (χ4n) is 1.66. The summed E-state index contributed by atoms with van der Waals surface area (Å²) in [4.78, 5) is 15.7. The molecule has 1 aromatic rings. The Morgan fingerprint density at radius 3 is 2.50 bits per heavy atom. The highest BCUT2D eigenvalue weighted by molar-refractivity contribution is 5.94. The Morgan fingerprint density at radius 2 is 2.00 bits per heavy atom. The number of carbonyl (C=O) groups is 1. The lowest BCUT2D eigenvalue weighted by atomic mass is 10.2. The summed E-state index contributed by atoms with van der Waals surface area (Å²) < 4.78 is 5.16. The van der Waals surface area contributed by atoms with Crippen molar-refractivity contribution in [2.24, 2.45) is 0 Å². The van der Waals surface area contributed by atoms with Crippen molar-refractivity contribution in [2.45, 2.75) is 0 Å². The molecule has 0 N–H and O–H groups in total. The highest BCUT2D eigenvalue weighted by Crippen LogP contribution is 2.14. The molecule has 4 heteroatoms. The highest BCUT2D eigenvalue weighted by Gasteiger charge is 2.19. The lowest BCUT2D eigenvalue weighted by molar-refractivity contribution is 0.0695. The van der Waals surface area contributed by atoms with E-state index in [1.807, 2.05) is 43.3 Å². The fourth-order valence-corrected chi connectivity index (χ4v) is 1.66. The third-order valence-electron chi connectivity index (χ3n) is 2.67. The molecule has 0 radical (unpaired) electrons. The van der Waals surface area contributed by atoms with E-state index >= 15 is 0 Å². The van der Waals surface area contributed by atoms with Gasteiger partial charge < -0.3 is 14.5 Å². The molecule has 1 aliphatic rings. The van der Waals surface area contributed by atoms with Crippen molar-refractivity contribution in [1.82, 2.24) is 4.90 Å². The third-order valence-corrected chi connectivity index (χ3v) is 2.67. The molecule has 1 fully saturated rings. The van der Waals surface area contributed by atoms with Gasteiger partial charge in [-0.15, -0.1) is 0 Å². The van der Waals surface area contributed by atoms with E-state index in [-0.39, 0.29) is 5.91 Å². The van der Waals surface area contributed by atoms with Gasteiger partial charge in [0.2, 0.25) is 0 Å². The second-order valence-electron chi connectivity index (χ2n) is 4.05. The predicted molar refractivity (Wildman–Crippen MR) is 62.6 cm³/mol. The van der Waals surface area contributed by atoms with Gasteiger partial charge in [-0.3, -0.25) is 4.79 Å². The SMILES string of the molecule is CN(C)c1ccc(C(=O)N2CCOC2)cc1. The third kappa shape index (κ3) is 2.17. The van der Waals surface area contributed by atoms with Gasteiger partial charge in [0.15, 0.2) is 0 Å². The van der Waals surface area contributed by atoms with Gasteiger partial charge in [-0.25, -0.2) is 0 Å². The van der Waals surface area contributed by atoms with Crippen LogP contribution in [0.25, 0.3) is 0 Å². The number of hydrogen-bond acceptors (Lipinski definition) is 3. The molecular formula is C12H16N2O2. The molecule has 86 valence electrons. The molecule has 4 nitrogen and oxygen atoms in total. The molecule has 0 aromatic heterocycles. The largest absolute Gasteiger partial charge is 0.378 e. The standard InChI is InChI=1S/C12H16N2O2/c1-13(2)11-5-3-10(4-6-11)12(15)14-7-8-16-9-14/h3-6H,7-9H2,1-2H3. The monoisotopic (exact) mass is 220 g/mol. The molecule has 0 bridgehead atoms. The first kappa shape index (κ1) is 11.0. The van der Waals surface area contributed by atoms with E-state index in [9.17, 15) is 4.79 Å². The molecule has 0 atom stereocenters. The summed E-state index contributed by atoms with van der Waals surface area (Å²) in [5.74, 6) is 0.0443. The van der Waals surface area contributed by atoms with Gasteiger partial charge in [0.05, 0.1) is 6.61 Å². The lowest BCUT2D eigenvalue weighted by Gasteiger charge is -2.15. The zero-order valence-corrected chi connectivity index (χ0v) is 9.64. The Labute approximate surface area is 95.4 Å². The first-order valence-corrected chi connectivity index (χ1v) is 5.33. The Morgan fingerprint density at radius 1 is 1.31 bits per heavy atom. The number of anilines is 1. The topological polar surface area (TPSA) is 32.8 Å². The minimum Gasteiger partial charge on any atom is -0.378 e. The normalized spacial score (nSPS) is 15.2. The zero-order chi connectivity index (χ0) is 11.5. The van der Waals surface area contributed by atoms with E-state index < -0.39 is 0 Å².